The number of amidine groups is 1. The number of rotatable bonds is 6. The van der Waals surface area contributed by atoms with Crippen LogP contribution < -0.4 is 22.1 Å². The zero-order chi connectivity index (χ0) is 23.7. The summed E-state index contributed by atoms with van der Waals surface area (Å²) >= 11 is 0. The van der Waals surface area contributed by atoms with Gasteiger partial charge in [0.15, 0.2) is 0 Å². The maximum Gasteiger partial charge on any atom is 0.126 e. The molecule has 0 bridgehead atoms. The fraction of sp³-hybridized carbons (Fsp3) is 0.320. The molecule has 1 aliphatic rings. The number of piperidine rings is 1. The van der Waals surface area contributed by atoms with Crippen LogP contribution in [0.4, 0.5) is 21.5 Å². The van der Waals surface area contributed by atoms with Crippen LogP contribution in [0.15, 0.2) is 72.1 Å². The predicted octanol–water partition coefficient (Wildman–Crippen LogP) is 4.68. The molecule has 7 heteroatoms. The van der Waals surface area contributed by atoms with Crippen LogP contribution in [0.5, 0.6) is 0 Å². The molecule has 1 heterocycles. The lowest BCUT2D eigenvalue weighted by atomic mass is 10.1. The topological polar surface area (TPSA) is 103 Å². The van der Waals surface area contributed by atoms with Crippen LogP contribution >= 0.6 is 0 Å². The van der Waals surface area contributed by atoms with Crippen LogP contribution in [-0.2, 0) is 0 Å². The van der Waals surface area contributed by atoms with Crippen LogP contribution in [0.2, 0.25) is 0 Å². The molecule has 1 fully saturated rings. The first-order valence-corrected chi connectivity index (χ1v) is 10.7. The first-order chi connectivity index (χ1) is 15.2. The number of likely N-dealkylation sites (tertiary alicyclic amines) is 1. The van der Waals surface area contributed by atoms with E-state index < -0.39 is 6.17 Å². The number of nitrogens with zero attached hydrogens (tertiary/aromatic N) is 1. The van der Waals surface area contributed by atoms with Crippen molar-refractivity contribution >= 4 is 22.9 Å². The van der Waals surface area contributed by atoms with Crippen molar-refractivity contribution in [1.29, 1.82) is 5.41 Å². The minimum absolute atomic E-state index is 0.00998. The van der Waals surface area contributed by atoms with Crippen molar-refractivity contribution in [3.05, 3.63) is 77.6 Å². The fourth-order valence-corrected chi connectivity index (χ4v) is 3.49. The Kier molecular flexibility index (Phi) is 9.13. The molecule has 0 amide bonds. The molecular weight excluding hydrogens is 403 g/mol. The van der Waals surface area contributed by atoms with Gasteiger partial charge in [-0.15, -0.1) is 0 Å². The lowest BCUT2D eigenvalue weighted by Crippen LogP contribution is -2.40. The highest BCUT2D eigenvalue weighted by Crippen LogP contribution is 2.21. The van der Waals surface area contributed by atoms with Crippen LogP contribution in [0.3, 0.4) is 0 Å². The molecule has 2 aromatic rings. The number of nitrogens with two attached hydrogens (primary N) is 2. The van der Waals surface area contributed by atoms with Crippen molar-refractivity contribution < 1.29 is 4.39 Å². The maximum atomic E-state index is 13.1. The van der Waals surface area contributed by atoms with E-state index in [2.05, 4.69) is 48.4 Å². The molecule has 0 saturated carbocycles. The van der Waals surface area contributed by atoms with Gasteiger partial charge in [-0.3, -0.25) is 5.41 Å². The van der Waals surface area contributed by atoms with Crippen molar-refractivity contribution in [2.75, 3.05) is 31.2 Å². The molecular formula is C25H35FN6. The third-order valence-electron chi connectivity index (χ3n) is 5.14. The second-order valence-electron chi connectivity index (χ2n) is 7.95. The first-order valence-electron chi connectivity index (χ1n) is 10.7. The van der Waals surface area contributed by atoms with Crippen molar-refractivity contribution in [2.45, 2.75) is 32.9 Å². The molecule has 7 N–H and O–H groups in total. The summed E-state index contributed by atoms with van der Waals surface area (Å²) in [6.45, 7) is 9.01. The van der Waals surface area contributed by atoms with E-state index in [1.54, 1.807) is 7.05 Å². The minimum Gasteiger partial charge on any atom is -0.399 e. The van der Waals surface area contributed by atoms with Gasteiger partial charge in [0.2, 0.25) is 0 Å². The molecule has 0 atom stereocenters. The summed E-state index contributed by atoms with van der Waals surface area (Å²) in [5, 5.41) is 13.9. The molecule has 0 aliphatic carbocycles. The average Bonchev–Trinajstić information content (AvgIpc) is 2.74. The van der Waals surface area contributed by atoms with Gasteiger partial charge in [-0.05, 0) is 62.6 Å². The third kappa shape index (κ3) is 7.34. The molecule has 2 aromatic carbocycles. The van der Waals surface area contributed by atoms with Crippen LogP contribution in [0, 0.1) is 12.3 Å². The largest absolute Gasteiger partial charge is 0.399 e. The van der Waals surface area contributed by atoms with Gasteiger partial charge in [0.05, 0.1) is 5.57 Å². The predicted molar refractivity (Wildman–Crippen MR) is 134 cm³/mol. The normalized spacial score (nSPS) is 14.6. The first kappa shape index (κ1) is 24.8. The Morgan fingerprint density at radius 2 is 1.75 bits per heavy atom. The number of halogens is 1. The molecule has 0 spiro atoms. The van der Waals surface area contributed by atoms with Gasteiger partial charge in [0.1, 0.15) is 17.8 Å². The quantitative estimate of drug-likeness (QED) is 0.195. The van der Waals surface area contributed by atoms with Crippen molar-refractivity contribution in [2.24, 2.45) is 5.73 Å². The summed E-state index contributed by atoms with van der Waals surface area (Å²) in [4.78, 5) is 2.03. The van der Waals surface area contributed by atoms with Gasteiger partial charge in [0.25, 0.3) is 0 Å². The monoisotopic (exact) mass is 438 g/mol. The number of anilines is 3. The minimum atomic E-state index is -0.713. The average molecular weight is 439 g/mol. The summed E-state index contributed by atoms with van der Waals surface area (Å²) < 4.78 is 13.1. The molecule has 32 heavy (non-hydrogen) atoms. The summed E-state index contributed by atoms with van der Waals surface area (Å²) in [5.74, 6) is 0.765. The van der Waals surface area contributed by atoms with Crippen molar-refractivity contribution in [1.82, 2.24) is 10.2 Å². The summed E-state index contributed by atoms with van der Waals surface area (Å²) in [5.41, 5.74) is 16.7. The van der Waals surface area contributed by atoms with E-state index in [0.717, 1.165) is 28.5 Å². The standard InChI is InChI=1S/C13H14N2.C12H21FN4/c1-10-5-7-12(8-6-10)15-13-4-2-3-11(14)9-13;1-8(2)10(11(14)15)12(16-3)17-6-4-9(13)5-7-17/h2-9,15H,14H2,1H3;9,16H,1,4-7H2,2-3H3,(H3,14,15)/b;12-10+. The Bertz CT molecular complexity index is 927. The third-order valence-corrected chi connectivity index (χ3v) is 5.14. The Hall–Kier alpha value is -3.48. The second-order valence-corrected chi connectivity index (χ2v) is 7.95. The van der Waals surface area contributed by atoms with Crippen molar-refractivity contribution in [3.63, 3.8) is 0 Å². The van der Waals surface area contributed by atoms with Gasteiger partial charge in [-0.2, -0.15) is 0 Å². The molecule has 1 saturated heterocycles. The molecule has 6 nitrogen and oxygen atoms in total. The van der Waals surface area contributed by atoms with Gasteiger partial charge < -0.3 is 27.0 Å². The van der Waals surface area contributed by atoms with E-state index in [4.69, 9.17) is 16.9 Å². The van der Waals surface area contributed by atoms with E-state index in [9.17, 15) is 4.39 Å². The van der Waals surface area contributed by atoms with E-state index in [1.165, 1.54) is 5.56 Å². The highest BCUT2D eigenvalue weighted by atomic mass is 19.1. The van der Waals surface area contributed by atoms with E-state index >= 15 is 0 Å². The maximum absolute atomic E-state index is 13.1. The number of hydrogen-bond acceptors (Lipinski definition) is 5. The fourth-order valence-electron chi connectivity index (χ4n) is 3.49. The van der Waals surface area contributed by atoms with Gasteiger partial charge in [0, 0.05) is 37.2 Å². The van der Waals surface area contributed by atoms with Gasteiger partial charge >= 0.3 is 0 Å². The Morgan fingerprint density at radius 1 is 1.12 bits per heavy atom. The Morgan fingerprint density at radius 3 is 2.25 bits per heavy atom. The van der Waals surface area contributed by atoms with Gasteiger partial charge in [-0.1, -0.05) is 30.3 Å². The highest BCUT2D eigenvalue weighted by Gasteiger charge is 2.22. The molecule has 172 valence electrons. The SMILES string of the molecule is C=C(C)/C(C(=N)N)=C(/NC)N1CCC(F)CC1.Cc1ccc(Nc2cccc(N)c2)cc1. The number of nitrogens with one attached hydrogen (secondary N) is 3. The number of benzene rings is 2. The zero-order valence-electron chi connectivity index (χ0n) is 19.2. The van der Waals surface area contributed by atoms with Crippen LogP contribution in [0.1, 0.15) is 25.3 Å². The molecule has 1 aliphatic heterocycles. The smallest absolute Gasteiger partial charge is 0.126 e. The van der Waals surface area contributed by atoms with Gasteiger partial charge in [-0.25, -0.2) is 4.39 Å². The number of aryl methyl sites for hydroxylation is 1. The molecule has 3 rings (SSSR count). The summed E-state index contributed by atoms with van der Waals surface area (Å²) in [6.07, 6.45) is 0.328. The van der Waals surface area contributed by atoms with Crippen LogP contribution in [-0.4, -0.2) is 37.0 Å². The van der Waals surface area contributed by atoms with E-state index in [-0.39, 0.29) is 5.84 Å². The van der Waals surface area contributed by atoms with Crippen LogP contribution in [0.25, 0.3) is 0 Å². The molecule has 0 radical (unpaired) electrons. The summed E-state index contributed by atoms with van der Waals surface area (Å²) in [7, 11) is 1.78. The number of nitrogen functional groups attached to an aromatic ring is 1. The van der Waals surface area contributed by atoms with E-state index in [0.29, 0.717) is 31.5 Å². The van der Waals surface area contributed by atoms with E-state index in [1.807, 2.05) is 36.1 Å². The molecule has 0 aromatic heterocycles. The number of hydrogen-bond donors (Lipinski definition) is 5. The lowest BCUT2D eigenvalue weighted by molar-refractivity contribution is 0.173. The molecule has 0 unspecified atom stereocenters. The lowest BCUT2D eigenvalue weighted by Gasteiger charge is -2.33. The second kappa shape index (κ2) is 11.8. The highest BCUT2D eigenvalue weighted by molar-refractivity contribution is 5.99. The Labute approximate surface area is 190 Å². The summed E-state index contributed by atoms with van der Waals surface area (Å²) in [6, 6.07) is 16.0. The zero-order valence-corrected chi connectivity index (χ0v) is 19.2. The van der Waals surface area contributed by atoms with Crippen molar-refractivity contribution in [3.8, 4) is 0 Å². The number of alkyl halides is 1. The Balaban J connectivity index is 0.000000228.